The number of nitrogens with zero attached hydrogens (tertiary/aromatic N) is 1. The second kappa shape index (κ2) is 9.83. The van der Waals surface area contributed by atoms with Crippen molar-refractivity contribution in [3.05, 3.63) is 77.9 Å². The number of carbonyl (C=O) groups is 1. The Labute approximate surface area is 198 Å². The van der Waals surface area contributed by atoms with Gasteiger partial charge >= 0.3 is 0 Å². The molecule has 1 amide bonds. The number of benzene rings is 3. The van der Waals surface area contributed by atoms with Crippen LogP contribution in [-0.2, 0) is 0 Å². The Bertz CT molecular complexity index is 1280. The van der Waals surface area contributed by atoms with E-state index < -0.39 is 0 Å². The number of H-pyrrole nitrogens is 1. The maximum absolute atomic E-state index is 12.7. The quantitative estimate of drug-likeness (QED) is 0.323. The Morgan fingerprint density at radius 3 is 2.70 bits per heavy atom. The van der Waals surface area contributed by atoms with Gasteiger partial charge in [0.25, 0.3) is 5.91 Å². The summed E-state index contributed by atoms with van der Waals surface area (Å²) in [5, 5.41) is 6.10. The van der Waals surface area contributed by atoms with Gasteiger partial charge in [-0.15, -0.1) is 0 Å². The SMILES string of the molecule is Cc1ccc(-c2nc3ccccc3[nH]2)cc1NC(=S)NC(=O)c1cccc(OCC(C)C)c1. The first kappa shape index (κ1) is 22.5. The van der Waals surface area contributed by atoms with Gasteiger partial charge < -0.3 is 15.0 Å². The summed E-state index contributed by atoms with van der Waals surface area (Å²) < 4.78 is 5.71. The Kier molecular flexibility index (Phi) is 6.70. The molecule has 3 N–H and O–H groups in total. The van der Waals surface area contributed by atoms with Crippen LogP contribution in [0.5, 0.6) is 5.75 Å². The van der Waals surface area contributed by atoms with E-state index in [2.05, 4.69) is 34.4 Å². The zero-order valence-corrected chi connectivity index (χ0v) is 19.6. The number of para-hydroxylation sites is 2. The van der Waals surface area contributed by atoms with E-state index in [1.165, 1.54) is 0 Å². The van der Waals surface area contributed by atoms with Crippen molar-refractivity contribution in [1.82, 2.24) is 15.3 Å². The van der Waals surface area contributed by atoms with E-state index >= 15 is 0 Å². The molecule has 0 aliphatic heterocycles. The van der Waals surface area contributed by atoms with Gasteiger partial charge in [0.15, 0.2) is 5.11 Å². The lowest BCUT2D eigenvalue weighted by Gasteiger charge is -2.13. The maximum atomic E-state index is 12.7. The molecule has 0 spiro atoms. The molecule has 4 aromatic rings. The number of carbonyl (C=O) groups excluding carboxylic acids is 1. The molecule has 0 saturated carbocycles. The van der Waals surface area contributed by atoms with Gasteiger partial charge in [0, 0.05) is 16.8 Å². The monoisotopic (exact) mass is 458 g/mol. The van der Waals surface area contributed by atoms with Crippen LogP contribution in [0, 0.1) is 12.8 Å². The van der Waals surface area contributed by atoms with Crippen molar-refractivity contribution >= 4 is 40.0 Å². The molecule has 1 aromatic heterocycles. The van der Waals surface area contributed by atoms with Crippen LogP contribution in [0.1, 0.15) is 29.8 Å². The fourth-order valence-electron chi connectivity index (χ4n) is 3.31. The lowest BCUT2D eigenvalue weighted by molar-refractivity contribution is 0.0977. The molecule has 0 bridgehead atoms. The van der Waals surface area contributed by atoms with Crippen LogP contribution in [-0.4, -0.2) is 27.6 Å². The van der Waals surface area contributed by atoms with Crippen molar-refractivity contribution in [2.24, 2.45) is 5.92 Å². The number of imidazole rings is 1. The predicted octanol–water partition coefficient (Wildman–Crippen LogP) is 5.70. The summed E-state index contributed by atoms with van der Waals surface area (Å²) in [7, 11) is 0. The summed E-state index contributed by atoms with van der Waals surface area (Å²) in [6.45, 7) is 6.72. The number of aromatic nitrogens is 2. The molecule has 4 rings (SSSR count). The van der Waals surface area contributed by atoms with E-state index in [0.717, 1.165) is 33.7 Å². The van der Waals surface area contributed by atoms with Crippen LogP contribution in [0.15, 0.2) is 66.7 Å². The standard InChI is InChI=1S/C26H26N4O2S/c1-16(2)15-32-20-8-6-7-19(13-20)25(31)30-26(33)29-23-14-18(12-11-17(23)3)24-27-21-9-4-5-10-22(21)28-24/h4-14,16H,15H2,1-3H3,(H,27,28)(H2,29,30,31,33). The lowest BCUT2D eigenvalue weighted by atomic mass is 10.1. The summed E-state index contributed by atoms with van der Waals surface area (Å²) in [4.78, 5) is 20.7. The van der Waals surface area contributed by atoms with Crippen molar-refractivity contribution in [2.75, 3.05) is 11.9 Å². The first-order valence-corrected chi connectivity index (χ1v) is 11.2. The first-order chi connectivity index (χ1) is 15.9. The number of ether oxygens (including phenoxy) is 1. The van der Waals surface area contributed by atoms with Gasteiger partial charge in [0.1, 0.15) is 11.6 Å². The molecular formula is C26H26N4O2S. The molecule has 168 valence electrons. The van der Waals surface area contributed by atoms with Gasteiger partial charge in [0.05, 0.1) is 17.6 Å². The lowest BCUT2D eigenvalue weighted by Crippen LogP contribution is -2.34. The molecule has 1 heterocycles. The van der Waals surface area contributed by atoms with Crippen molar-refractivity contribution < 1.29 is 9.53 Å². The summed E-state index contributed by atoms with van der Waals surface area (Å²) in [5.74, 6) is 1.53. The number of hydrogen-bond donors (Lipinski definition) is 3. The Morgan fingerprint density at radius 1 is 1.09 bits per heavy atom. The van der Waals surface area contributed by atoms with E-state index in [4.69, 9.17) is 17.0 Å². The fraction of sp³-hybridized carbons (Fsp3) is 0.192. The Balaban J connectivity index is 1.45. The zero-order chi connectivity index (χ0) is 23.4. The number of amides is 1. The number of aromatic amines is 1. The number of rotatable bonds is 6. The average molecular weight is 459 g/mol. The molecule has 6 nitrogen and oxygen atoms in total. The van der Waals surface area contributed by atoms with Crippen molar-refractivity contribution in [3.8, 4) is 17.1 Å². The molecule has 0 aliphatic rings. The third kappa shape index (κ3) is 5.56. The summed E-state index contributed by atoms with van der Waals surface area (Å²) in [5.41, 5.74) is 5.08. The topological polar surface area (TPSA) is 79.0 Å². The molecule has 3 aromatic carbocycles. The van der Waals surface area contributed by atoms with Crippen LogP contribution in [0.2, 0.25) is 0 Å². The molecule has 33 heavy (non-hydrogen) atoms. The molecule has 0 saturated heterocycles. The molecular weight excluding hydrogens is 432 g/mol. The minimum Gasteiger partial charge on any atom is -0.493 e. The highest BCUT2D eigenvalue weighted by Crippen LogP contribution is 2.25. The van der Waals surface area contributed by atoms with Gasteiger partial charge in [-0.1, -0.05) is 44.2 Å². The van der Waals surface area contributed by atoms with E-state index in [-0.39, 0.29) is 11.0 Å². The first-order valence-electron chi connectivity index (χ1n) is 10.8. The number of fused-ring (bicyclic) bond motifs is 1. The van der Waals surface area contributed by atoms with Gasteiger partial charge in [-0.2, -0.15) is 0 Å². The third-order valence-corrected chi connectivity index (χ3v) is 5.26. The van der Waals surface area contributed by atoms with E-state index in [1.54, 1.807) is 18.2 Å². The van der Waals surface area contributed by atoms with Crippen LogP contribution >= 0.6 is 12.2 Å². The van der Waals surface area contributed by atoms with Crippen LogP contribution in [0.25, 0.3) is 22.4 Å². The predicted molar refractivity (Wildman–Crippen MR) is 137 cm³/mol. The smallest absolute Gasteiger partial charge is 0.257 e. The van der Waals surface area contributed by atoms with Gasteiger partial charge in [-0.25, -0.2) is 4.98 Å². The third-order valence-electron chi connectivity index (χ3n) is 5.06. The van der Waals surface area contributed by atoms with E-state index in [9.17, 15) is 4.79 Å². The van der Waals surface area contributed by atoms with Crippen molar-refractivity contribution in [1.29, 1.82) is 0 Å². The van der Waals surface area contributed by atoms with Gasteiger partial charge in [-0.3, -0.25) is 10.1 Å². The maximum Gasteiger partial charge on any atom is 0.257 e. The molecule has 0 aliphatic carbocycles. The number of aryl methyl sites for hydroxylation is 1. The minimum atomic E-state index is -0.298. The molecule has 0 unspecified atom stereocenters. The second-order valence-electron chi connectivity index (χ2n) is 8.27. The Hall–Kier alpha value is -3.71. The number of nitrogens with one attached hydrogen (secondary N) is 3. The van der Waals surface area contributed by atoms with Crippen molar-refractivity contribution in [3.63, 3.8) is 0 Å². The largest absolute Gasteiger partial charge is 0.493 e. The minimum absolute atomic E-state index is 0.221. The van der Waals surface area contributed by atoms with Crippen molar-refractivity contribution in [2.45, 2.75) is 20.8 Å². The second-order valence-corrected chi connectivity index (χ2v) is 8.68. The normalized spacial score (nSPS) is 10.9. The highest BCUT2D eigenvalue weighted by atomic mass is 32.1. The molecule has 7 heteroatoms. The van der Waals surface area contributed by atoms with Crippen LogP contribution < -0.4 is 15.4 Å². The zero-order valence-electron chi connectivity index (χ0n) is 18.8. The van der Waals surface area contributed by atoms with Gasteiger partial charge in [0.2, 0.25) is 0 Å². The number of hydrogen-bond acceptors (Lipinski definition) is 4. The summed E-state index contributed by atoms with van der Waals surface area (Å²) in [6, 6.07) is 20.9. The average Bonchev–Trinajstić information content (AvgIpc) is 3.23. The van der Waals surface area contributed by atoms with E-state index in [0.29, 0.717) is 23.8 Å². The summed E-state index contributed by atoms with van der Waals surface area (Å²) >= 11 is 5.40. The highest BCUT2D eigenvalue weighted by molar-refractivity contribution is 7.80. The van der Waals surface area contributed by atoms with Crippen LogP contribution in [0.3, 0.4) is 0 Å². The van der Waals surface area contributed by atoms with Crippen LogP contribution in [0.4, 0.5) is 5.69 Å². The molecule has 0 radical (unpaired) electrons. The number of thiocarbonyl (C=S) groups is 1. The fourth-order valence-corrected chi connectivity index (χ4v) is 3.52. The van der Waals surface area contributed by atoms with Gasteiger partial charge in [-0.05, 0) is 67.0 Å². The number of anilines is 1. The summed E-state index contributed by atoms with van der Waals surface area (Å²) in [6.07, 6.45) is 0. The van der Waals surface area contributed by atoms with E-state index in [1.807, 2.05) is 55.5 Å². The molecule has 0 fully saturated rings. The molecule has 0 atom stereocenters. The highest BCUT2D eigenvalue weighted by Gasteiger charge is 2.12. The Morgan fingerprint density at radius 2 is 1.91 bits per heavy atom.